The first-order valence-corrected chi connectivity index (χ1v) is 8.05. The molecule has 3 aromatic rings. The van der Waals surface area contributed by atoms with Crippen molar-refractivity contribution in [2.24, 2.45) is 0 Å². The van der Waals surface area contributed by atoms with E-state index >= 15 is 0 Å². The van der Waals surface area contributed by atoms with E-state index in [0.29, 0.717) is 45.3 Å². The molecule has 0 spiro atoms. The second kappa shape index (κ2) is 7.49. The van der Waals surface area contributed by atoms with Gasteiger partial charge in [-0.2, -0.15) is 0 Å². The average molecular weight is 372 g/mol. The van der Waals surface area contributed by atoms with Crippen LogP contribution in [-0.2, 0) is 0 Å². The van der Waals surface area contributed by atoms with Gasteiger partial charge in [0.05, 0.1) is 46.7 Å². The summed E-state index contributed by atoms with van der Waals surface area (Å²) >= 11 is 0. The van der Waals surface area contributed by atoms with Crippen LogP contribution in [0.25, 0.3) is 22.1 Å². The predicted molar refractivity (Wildman–Crippen MR) is 101 cm³/mol. The molecule has 0 fully saturated rings. The molecule has 0 N–H and O–H groups in total. The summed E-state index contributed by atoms with van der Waals surface area (Å²) < 4.78 is 32.5. The van der Waals surface area contributed by atoms with Crippen molar-refractivity contribution in [3.8, 4) is 39.9 Å². The molecule has 7 heteroatoms. The molecule has 7 nitrogen and oxygen atoms in total. The monoisotopic (exact) mass is 372 g/mol. The summed E-state index contributed by atoms with van der Waals surface area (Å²) in [6.07, 6.45) is 1.37. The van der Waals surface area contributed by atoms with E-state index in [0.717, 1.165) is 0 Å². The minimum atomic E-state index is -0.280. The van der Waals surface area contributed by atoms with Gasteiger partial charge in [-0.15, -0.1) is 0 Å². The second-order valence-electron chi connectivity index (χ2n) is 5.59. The molecule has 0 aliphatic carbocycles. The number of methoxy groups -OCH3 is 5. The molecule has 0 atom stereocenters. The SMILES string of the molecule is COc1cc(OC)c(-c2coc3cc(OC)cc(OC)c3c2=O)c(OC)c1. The molecule has 0 amide bonds. The lowest BCUT2D eigenvalue weighted by Gasteiger charge is -2.15. The molecule has 0 saturated carbocycles. The van der Waals surface area contributed by atoms with Gasteiger partial charge in [0.25, 0.3) is 0 Å². The van der Waals surface area contributed by atoms with Crippen LogP contribution in [0.2, 0.25) is 0 Å². The highest BCUT2D eigenvalue weighted by Crippen LogP contribution is 2.41. The van der Waals surface area contributed by atoms with E-state index in [-0.39, 0.29) is 11.0 Å². The van der Waals surface area contributed by atoms with E-state index in [1.807, 2.05) is 0 Å². The lowest BCUT2D eigenvalue weighted by atomic mass is 10.0. The Morgan fingerprint density at radius 1 is 0.704 bits per heavy atom. The molecular weight excluding hydrogens is 352 g/mol. The molecular formula is C20H20O7. The van der Waals surface area contributed by atoms with Crippen molar-refractivity contribution in [1.82, 2.24) is 0 Å². The maximum Gasteiger partial charge on any atom is 0.204 e. The highest BCUT2D eigenvalue weighted by Gasteiger charge is 2.22. The lowest BCUT2D eigenvalue weighted by molar-refractivity contribution is 0.377. The lowest BCUT2D eigenvalue weighted by Crippen LogP contribution is -2.08. The van der Waals surface area contributed by atoms with Crippen LogP contribution in [0.3, 0.4) is 0 Å². The number of hydrogen-bond acceptors (Lipinski definition) is 7. The fraction of sp³-hybridized carbons (Fsp3) is 0.250. The molecule has 3 rings (SSSR count). The third-order valence-electron chi connectivity index (χ3n) is 4.25. The average Bonchev–Trinajstić information content (AvgIpc) is 2.72. The summed E-state index contributed by atoms with van der Waals surface area (Å²) in [6, 6.07) is 6.61. The first-order chi connectivity index (χ1) is 13.1. The molecule has 2 aromatic carbocycles. The molecule has 1 heterocycles. The second-order valence-corrected chi connectivity index (χ2v) is 5.59. The molecule has 1 aromatic heterocycles. The zero-order valence-electron chi connectivity index (χ0n) is 15.7. The van der Waals surface area contributed by atoms with Crippen LogP contribution in [-0.4, -0.2) is 35.5 Å². The molecule has 27 heavy (non-hydrogen) atoms. The molecule has 0 saturated heterocycles. The maximum absolute atomic E-state index is 13.3. The Morgan fingerprint density at radius 3 is 1.74 bits per heavy atom. The third kappa shape index (κ3) is 3.12. The summed E-state index contributed by atoms with van der Waals surface area (Å²) in [4.78, 5) is 13.3. The molecule has 142 valence electrons. The number of ether oxygens (including phenoxy) is 5. The smallest absolute Gasteiger partial charge is 0.204 e. The van der Waals surface area contributed by atoms with Gasteiger partial charge >= 0.3 is 0 Å². The van der Waals surface area contributed by atoms with Gasteiger partial charge in [0.2, 0.25) is 5.43 Å². The van der Waals surface area contributed by atoms with E-state index in [2.05, 4.69) is 0 Å². The van der Waals surface area contributed by atoms with Gasteiger partial charge in [-0.05, 0) is 0 Å². The normalized spacial score (nSPS) is 10.6. The van der Waals surface area contributed by atoms with E-state index in [1.165, 1.54) is 41.8 Å². The van der Waals surface area contributed by atoms with Crippen molar-refractivity contribution in [3.05, 3.63) is 40.8 Å². The zero-order chi connectivity index (χ0) is 19.6. The Balaban J connectivity index is 2.36. The van der Waals surface area contributed by atoms with Crippen LogP contribution >= 0.6 is 0 Å². The van der Waals surface area contributed by atoms with Gasteiger partial charge in [-0.25, -0.2) is 0 Å². The number of rotatable bonds is 6. The molecule has 0 aliphatic rings. The van der Waals surface area contributed by atoms with Crippen molar-refractivity contribution >= 4 is 11.0 Å². The van der Waals surface area contributed by atoms with Crippen molar-refractivity contribution in [1.29, 1.82) is 0 Å². The minimum absolute atomic E-state index is 0.280. The van der Waals surface area contributed by atoms with E-state index in [4.69, 9.17) is 28.1 Å². The van der Waals surface area contributed by atoms with Gasteiger partial charge in [-0.3, -0.25) is 4.79 Å². The van der Waals surface area contributed by atoms with Crippen molar-refractivity contribution in [3.63, 3.8) is 0 Å². The fourth-order valence-corrected chi connectivity index (χ4v) is 2.92. The molecule has 0 radical (unpaired) electrons. The maximum atomic E-state index is 13.3. The van der Waals surface area contributed by atoms with Crippen molar-refractivity contribution in [2.75, 3.05) is 35.5 Å². The summed E-state index contributed by atoms with van der Waals surface area (Å²) in [5.41, 5.74) is 0.820. The fourth-order valence-electron chi connectivity index (χ4n) is 2.92. The van der Waals surface area contributed by atoms with Gasteiger partial charge in [-0.1, -0.05) is 0 Å². The summed E-state index contributed by atoms with van der Waals surface area (Å²) in [5, 5.41) is 0.302. The van der Waals surface area contributed by atoms with E-state index < -0.39 is 0 Å². The highest BCUT2D eigenvalue weighted by molar-refractivity contribution is 5.90. The standard InChI is InChI=1S/C20H20O7/c1-22-11-6-14(24-3)18(15(7-11)25-4)13-10-27-17-9-12(23-2)8-16(26-5)19(17)20(13)21/h6-10H,1-5H3. The minimum Gasteiger partial charge on any atom is -0.496 e. The quantitative estimate of drug-likeness (QED) is 0.655. The Kier molecular flexibility index (Phi) is 5.12. The summed E-state index contributed by atoms with van der Waals surface area (Å²) in [5.74, 6) is 2.26. The van der Waals surface area contributed by atoms with Crippen LogP contribution in [0.5, 0.6) is 28.7 Å². The highest BCUT2D eigenvalue weighted by atomic mass is 16.5. The van der Waals surface area contributed by atoms with Crippen LogP contribution in [0.1, 0.15) is 0 Å². The van der Waals surface area contributed by atoms with Gasteiger partial charge in [0.1, 0.15) is 46.0 Å². The number of hydrogen-bond donors (Lipinski definition) is 0. The summed E-state index contributed by atoms with van der Waals surface area (Å²) in [7, 11) is 7.56. The van der Waals surface area contributed by atoms with Gasteiger partial charge in [0, 0.05) is 24.3 Å². The van der Waals surface area contributed by atoms with E-state index in [1.54, 1.807) is 24.3 Å². The Morgan fingerprint density at radius 2 is 1.22 bits per heavy atom. The zero-order valence-corrected chi connectivity index (χ0v) is 15.7. The Bertz CT molecular complexity index is 1010. The van der Waals surface area contributed by atoms with Crippen molar-refractivity contribution in [2.45, 2.75) is 0 Å². The van der Waals surface area contributed by atoms with Crippen LogP contribution in [0, 0.1) is 0 Å². The van der Waals surface area contributed by atoms with Crippen LogP contribution in [0.4, 0.5) is 0 Å². The summed E-state index contributed by atoms with van der Waals surface area (Å²) in [6.45, 7) is 0. The molecule has 0 unspecified atom stereocenters. The first-order valence-electron chi connectivity index (χ1n) is 8.05. The van der Waals surface area contributed by atoms with Crippen LogP contribution in [0.15, 0.2) is 39.7 Å². The Hall–Kier alpha value is -3.35. The third-order valence-corrected chi connectivity index (χ3v) is 4.25. The number of benzene rings is 2. The molecule has 0 aliphatic heterocycles. The van der Waals surface area contributed by atoms with Gasteiger partial charge in [0.15, 0.2) is 0 Å². The van der Waals surface area contributed by atoms with Crippen molar-refractivity contribution < 1.29 is 28.1 Å². The van der Waals surface area contributed by atoms with Gasteiger partial charge < -0.3 is 28.1 Å². The Labute approximate surface area is 156 Å². The molecule has 0 bridgehead atoms. The number of fused-ring (bicyclic) bond motifs is 1. The predicted octanol–water partition coefficient (Wildman–Crippen LogP) is 3.50. The first kappa shape index (κ1) is 18.4. The van der Waals surface area contributed by atoms with E-state index in [9.17, 15) is 4.79 Å². The largest absolute Gasteiger partial charge is 0.496 e. The topological polar surface area (TPSA) is 76.4 Å². The van der Waals surface area contributed by atoms with Crippen LogP contribution < -0.4 is 29.1 Å².